The summed E-state index contributed by atoms with van der Waals surface area (Å²) in [7, 11) is 0. The molecule has 0 saturated heterocycles. The monoisotopic (exact) mass is 235 g/mol. The summed E-state index contributed by atoms with van der Waals surface area (Å²) in [5.74, 6) is 0.575. The number of nitrogens with zero attached hydrogens (tertiary/aromatic N) is 2. The lowest BCUT2D eigenvalue weighted by Crippen LogP contribution is -2.39. The van der Waals surface area contributed by atoms with E-state index in [0.717, 1.165) is 12.8 Å². The first-order valence-electron chi connectivity index (χ1n) is 5.90. The molecule has 4 N–H and O–H groups in total. The molecule has 6 nitrogen and oxygen atoms in total. The Morgan fingerprint density at radius 3 is 2.82 bits per heavy atom. The molecule has 1 heterocycles. The van der Waals surface area contributed by atoms with Gasteiger partial charge in [0.2, 0.25) is 5.95 Å². The molecule has 1 aliphatic carbocycles. The molecule has 0 spiro atoms. The van der Waals surface area contributed by atoms with Crippen molar-refractivity contribution in [2.24, 2.45) is 0 Å². The van der Waals surface area contributed by atoms with Gasteiger partial charge in [-0.15, -0.1) is 0 Å². The molecule has 0 aromatic carbocycles. The Balaban J connectivity index is 1.84. The number of anilines is 2. The molecule has 1 aromatic heterocycles. The van der Waals surface area contributed by atoms with Crippen LogP contribution >= 0.6 is 0 Å². The number of amides is 2. The minimum absolute atomic E-state index is 0.153. The van der Waals surface area contributed by atoms with E-state index in [2.05, 4.69) is 20.6 Å². The molecule has 6 heteroatoms. The Bertz CT molecular complexity index is 389. The van der Waals surface area contributed by atoms with E-state index in [9.17, 15) is 4.79 Å². The fourth-order valence-corrected chi connectivity index (χ4v) is 2.03. The molecule has 1 fully saturated rings. The highest BCUT2D eigenvalue weighted by Crippen LogP contribution is 2.17. The van der Waals surface area contributed by atoms with Crippen LogP contribution in [0.2, 0.25) is 0 Å². The second kappa shape index (κ2) is 5.47. The maximum Gasteiger partial charge on any atom is 0.320 e. The van der Waals surface area contributed by atoms with Gasteiger partial charge in [0.05, 0.1) is 0 Å². The summed E-state index contributed by atoms with van der Waals surface area (Å²) in [6, 6.07) is 1.66. The Hall–Kier alpha value is -1.85. The number of aromatic nitrogens is 2. The van der Waals surface area contributed by atoms with E-state index < -0.39 is 0 Å². The van der Waals surface area contributed by atoms with Crippen molar-refractivity contribution < 1.29 is 4.79 Å². The van der Waals surface area contributed by atoms with Crippen molar-refractivity contribution in [2.45, 2.75) is 38.1 Å². The molecule has 0 unspecified atom stereocenters. The van der Waals surface area contributed by atoms with E-state index in [1.165, 1.54) is 25.5 Å². The Morgan fingerprint density at radius 1 is 1.35 bits per heavy atom. The van der Waals surface area contributed by atoms with Crippen molar-refractivity contribution in [3.05, 3.63) is 12.3 Å². The second-order valence-electron chi connectivity index (χ2n) is 4.23. The Kier molecular flexibility index (Phi) is 3.74. The minimum Gasteiger partial charge on any atom is -0.368 e. The van der Waals surface area contributed by atoms with E-state index in [1.807, 2.05) is 0 Å². The average Bonchev–Trinajstić information content (AvgIpc) is 2.30. The number of hydrogen-bond acceptors (Lipinski definition) is 4. The number of urea groups is 1. The maximum atomic E-state index is 11.7. The summed E-state index contributed by atoms with van der Waals surface area (Å²) in [6.07, 6.45) is 7.26. The molecule has 17 heavy (non-hydrogen) atoms. The van der Waals surface area contributed by atoms with Crippen LogP contribution in [0.5, 0.6) is 0 Å². The van der Waals surface area contributed by atoms with Gasteiger partial charge in [-0.3, -0.25) is 5.32 Å². The lowest BCUT2D eigenvalue weighted by molar-refractivity contribution is 0.244. The number of nitrogens with one attached hydrogen (secondary N) is 2. The molecular weight excluding hydrogens is 218 g/mol. The largest absolute Gasteiger partial charge is 0.368 e. The van der Waals surface area contributed by atoms with Crippen LogP contribution in [0.25, 0.3) is 0 Å². The van der Waals surface area contributed by atoms with Crippen LogP contribution in [-0.2, 0) is 0 Å². The number of carbonyl (C=O) groups is 1. The van der Waals surface area contributed by atoms with Gasteiger partial charge in [-0.1, -0.05) is 19.3 Å². The van der Waals surface area contributed by atoms with Crippen molar-refractivity contribution in [2.75, 3.05) is 11.1 Å². The van der Waals surface area contributed by atoms with Gasteiger partial charge in [0.15, 0.2) is 0 Å². The fourth-order valence-electron chi connectivity index (χ4n) is 2.03. The van der Waals surface area contributed by atoms with Crippen LogP contribution in [0, 0.1) is 0 Å². The first-order chi connectivity index (χ1) is 8.24. The van der Waals surface area contributed by atoms with Gasteiger partial charge in [0.1, 0.15) is 5.82 Å². The third-order valence-electron chi connectivity index (χ3n) is 2.86. The van der Waals surface area contributed by atoms with Crippen LogP contribution < -0.4 is 16.4 Å². The van der Waals surface area contributed by atoms with Gasteiger partial charge < -0.3 is 11.1 Å². The maximum absolute atomic E-state index is 11.7. The molecule has 1 aliphatic rings. The lowest BCUT2D eigenvalue weighted by Gasteiger charge is -2.22. The molecular formula is C11H17N5O. The number of nitrogen functional groups attached to an aromatic ring is 1. The molecule has 2 rings (SSSR count). The first-order valence-corrected chi connectivity index (χ1v) is 5.90. The van der Waals surface area contributed by atoms with Gasteiger partial charge in [-0.2, -0.15) is 4.98 Å². The van der Waals surface area contributed by atoms with E-state index >= 15 is 0 Å². The van der Waals surface area contributed by atoms with E-state index in [-0.39, 0.29) is 18.0 Å². The summed E-state index contributed by atoms with van der Waals surface area (Å²) in [5, 5.41) is 5.58. The zero-order valence-corrected chi connectivity index (χ0v) is 9.65. The summed E-state index contributed by atoms with van der Waals surface area (Å²) in [5.41, 5.74) is 5.42. The third kappa shape index (κ3) is 3.58. The summed E-state index contributed by atoms with van der Waals surface area (Å²) >= 11 is 0. The Labute approximate surface area is 100 Å². The van der Waals surface area contributed by atoms with Crippen LogP contribution in [0.1, 0.15) is 32.1 Å². The number of hydrogen-bond donors (Lipinski definition) is 3. The van der Waals surface area contributed by atoms with Gasteiger partial charge in [-0.05, 0) is 18.9 Å². The van der Waals surface area contributed by atoms with E-state index in [4.69, 9.17) is 5.73 Å². The standard InChI is InChI=1S/C11H17N5O/c12-10-13-7-6-9(15-10)16-11(17)14-8-4-2-1-3-5-8/h6-8H,1-5H2,(H4,12,13,14,15,16,17). The highest BCUT2D eigenvalue weighted by atomic mass is 16.2. The molecule has 1 aromatic rings. The van der Waals surface area contributed by atoms with Crippen molar-refractivity contribution in [3.8, 4) is 0 Å². The minimum atomic E-state index is -0.227. The molecule has 0 aliphatic heterocycles. The summed E-state index contributed by atoms with van der Waals surface area (Å²) in [4.78, 5) is 19.3. The summed E-state index contributed by atoms with van der Waals surface area (Å²) in [6.45, 7) is 0. The highest BCUT2D eigenvalue weighted by Gasteiger charge is 2.15. The number of rotatable bonds is 2. The van der Waals surface area contributed by atoms with Gasteiger partial charge in [0.25, 0.3) is 0 Å². The van der Waals surface area contributed by atoms with E-state index in [0.29, 0.717) is 5.82 Å². The van der Waals surface area contributed by atoms with Crippen molar-refractivity contribution in [1.29, 1.82) is 0 Å². The number of carbonyl (C=O) groups excluding carboxylic acids is 1. The Morgan fingerprint density at radius 2 is 2.12 bits per heavy atom. The highest BCUT2D eigenvalue weighted by molar-refractivity contribution is 5.88. The zero-order valence-electron chi connectivity index (χ0n) is 9.65. The molecule has 0 bridgehead atoms. The average molecular weight is 235 g/mol. The quantitative estimate of drug-likeness (QED) is 0.724. The normalized spacial score (nSPS) is 16.5. The molecule has 2 amide bonds. The topological polar surface area (TPSA) is 92.9 Å². The van der Waals surface area contributed by atoms with Crippen LogP contribution in [0.15, 0.2) is 12.3 Å². The molecule has 92 valence electrons. The van der Waals surface area contributed by atoms with Crippen molar-refractivity contribution in [1.82, 2.24) is 15.3 Å². The fraction of sp³-hybridized carbons (Fsp3) is 0.545. The molecule has 0 atom stereocenters. The van der Waals surface area contributed by atoms with E-state index in [1.54, 1.807) is 6.07 Å². The van der Waals surface area contributed by atoms with Gasteiger partial charge >= 0.3 is 6.03 Å². The van der Waals surface area contributed by atoms with Crippen molar-refractivity contribution in [3.63, 3.8) is 0 Å². The van der Waals surface area contributed by atoms with Gasteiger partial charge in [-0.25, -0.2) is 9.78 Å². The SMILES string of the molecule is Nc1nccc(NC(=O)NC2CCCCC2)n1. The second-order valence-corrected chi connectivity index (χ2v) is 4.23. The van der Waals surface area contributed by atoms with Crippen LogP contribution in [0.3, 0.4) is 0 Å². The molecule has 0 radical (unpaired) electrons. The van der Waals surface area contributed by atoms with Crippen molar-refractivity contribution >= 4 is 17.8 Å². The molecule has 1 saturated carbocycles. The smallest absolute Gasteiger partial charge is 0.320 e. The van der Waals surface area contributed by atoms with Gasteiger partial charge in [0, 0.05) is 12.2 Å². The first kappa shape index (κ1) is 11.6. The van der Waals surface area contributed by atoms with Crippen LogP contribution in [-0.4, -0.2) is 22.0 Å². The van der Waals surface area contributed by atoms with Crippen LogP contribution in [0.4, 0.5) is 16.6 Å². The predicted molar refractivity (Wildman–Crippen MR) is 65.5 cm³/mol. The zero-order chi connectivity index (χ0) is 12.1. The lowest BCUT2D eigenvalue weighted by atomic mass is 9.96. The number of nitrogens with two attached hydrogens (primary N) is 1. The predicted octanol–water partition coefficient (Wildman–Crippen LogP) is 1.51. The summed E-state index contributed by atoms with van der Waals surface area (Å²) < 4.78 is 0. The third-order valence-corrected chi connectivity index (χ3v) is 2.86.